The highest BCUT2D eigenvalue weighted by molar-refractivity contribution is 6.31. The van der Waals surface area contributed by atoms with Gasteiger partial charge in [0.1, 0.15) is 0 Å². The van der Waals surface area contributed by atoms with Gasteiger partial charge in [0.25, 0.3) is 0 Å². The molecule has 1 unspecified atom stereocenters. The fraction of sp³-hybridized carbons (Fsp3) is 0.368. The summed E-state index contributed by atoms with van der Waals surface area (Å²) in [4.78, 5) is 0. The summed E-state index contributed by atoms with van der Waals surface area (Å²) >= 11 is 6.36. The first kappa shape index (κ1) is 16.1. The number of aryl methyl sites for hydroxylation is 2. The monoisotopic (exact) mass is 301 g/mol. The smallest absolute Gasteiger partial charge is 0.0453 e. The summed E-state index contributed by atoms with van der Waals surface area (Å²) in [6.07, 6.45) is 3.26. The highest BCUT2D eigenvalue weighted by Gasteiger charge is 2.13. The zero-order chi connectivity index (χ0) is 15.1. The predicted molar refractivity (Wildman–Crippen MR) is 92.0 cm³/mol. The fourth-order valence-corrected chi connectivity index (χ4v) is 2.89. The van der Waals surface area contributed by atoms with Crippen LogP contribution in [0.15, 0.2) is 48.5 Å². The summed E-state index contributed by atoms with van der Waals surface area (Å²) in [5.74, 6) is 0. The van der Waals surface area contributed by atoms with Crippen LogP contribution in [0.25, 0.3) is 0 Å². The molecular weight excluding hydrogens is 278 g/mol. The van der Waals surface area contributed by atoms with E-state index in [1.807, 2.05) is 12.1 Å². The summed E-state index contributed by atoms with van der Waals surface area (Å²) in [6.45, 7) is 5.35. The van der Waals surface area contributed by atoms with Crippen molar-refractivity contribution in [2.45, 2.75) is 39.2 Å². The van der Waals surface area contributed by atoms with Gasteiger partial charge in [-0.2, -0.15) is 0 Å². The third kappa shape index (κ3) is 4.87. The van der Waals surface area contributed by atoms with E-state index in [0.717, 1.165) is 30.8 Å². The van der Waals surface area contributed by atoms with Crippen molar-refractivity contribution in [1.82, 2.24) is 5.32 Å². The maximum Gasteiger partial charge on any atom is 0.0453 e. The van der Waals surface area contributed by atoms with Gasteiger partial charge in [0, 0.05) is 11.1 Å². The molecule has 0 saturated heterocycles. The minimum atomic E-state index is 0.319. The van der Waals surface area contributed by atoms with Crippen LogP contribution in [0, 0.1) is 6.92 Å². The van der Waals surface area contributed by atoms with Crippen LogP contribution in [-0.4, -0.2) is 6.54 Å². The first-order chi connectivity index (χ1) is 10.2. The van der Waals surface area contributed by atoms with Crippen LogP contribution in [0.3, 0.4) is 0 Å². The molecule has 2 rings (SSSR count). The second-order valence-corrected chi connectivity index (χ2v) is 5.96. The van der Waals surface area contributed by atoms with Crippen LogP contribution in [0.5, 0.6) is 0 Å². The van der Waals surface area contributed by atoms with Gasteiger partial charge < -0.3 is 5.32 Å². The van der Waals surface area contributed by atoms with Gasteiger partial charge in [0.05, 0.1) is 0 Å². The lowest BCUT2D eigenvalue weighted by molar-refractivity contribution is 0.499. The fourth-order valence-electron chi connectivity index (χ4n) is 2.62. The molecular formula is C19H24ClN. The minimum absolute atomic E-state index is 0.319. The second kappa shape index (κ2) is 8.21. The molecule has 0 aliphatic rings. The minimum Gasteiger partial charge on any atom is -0.310 e. The Bertz CT molecular complexity index is 565. The van der Waals surface area contributed by atoms with Crippen molar-refractivity contribution in [3.8, 4) is 0 Å². The van der Waals surface area contributed by atoms with Crippen molar-refractivity contribution in [2.75, 3.05) is 6.54 Å². The average Bonchev–Trinajstić information content (AvgIpc) is 2.48. The van der Waals surface area contributed by atoms with E-state index in [1.165, 1.54) is 16.7 Å². The van der Waals surface area contributed by atoms with Gasteiger partial charge in [-0.05, 0) is 49.9 Å². The number of hydrogen-bond donors (Lipinski definition) is 1. The molecule has 2 aromatic carbocycles. The van der Waals surface area contributed by atoms with E-state index in [-0.39, 0.29) is 0 Å². The molecule has 0 aliphatic carbocycles. The lowest BCUT2D eigenvalue weighted by Crippen LogP contribution is -2.23. The van der Waals surface area contributed by atoms with Gasteiger partial charge in [0.2, 0.25) is 0 Å². The molecule has 21 heavy (non-hydrogen) atoms. The number of nitrogens with one attached hydrogen (secondary N) is 1. The van der Waals surface area contributed by atoms with Crippen LogP contribution in [0.2, 0.25) is 5.02 Å². The summed E-state index contributed by atoms with van der Waals surface area (Å²) in [5, 5.41) is 4.48. The molecule has 2 aromatic rings. The normalized spacial score (nSPS) is 12.3. The number of halogens is 1. The number of rotatable bonds is 7. The van der Waals surface area contributed by atoms with E-state index in [4.69, 9.17) is 11.6 Å². The van der Waals surface area contributed by atoms with Crippen LogP contribution in [0.4, 0.5) is 0 Å². The first-order valence-corrected chi connectivity index (χ1v) is 8.12. The molecule has 0 spiro atoms. The molecule has 0 radical (unpaired) electrons. The van der Waals surface area contributed by atoms with Crippen molar-refractivity contribution in [3.63, 3.8) is 0 Å². The second-order valence-electron chi connectivity index (χ2n) is 5.56. The number of hydrogen-bond acceptors (Lipinski definition) is 1. The van der Waals surface area contributed by atoms with Crippen molar-refractivity contribution < 1.29 is 0 Å². The van der Waals surface area contributed by atoms with E-state index >= 15 is 0 Å². The average molecular weight is 302 g/mol. The molecule has 0 saturated carbocycles. The number of benzene rings is 2. The molecule has 0 aliphatic heterocycles. The Morgan fingerprint density at radius 2 is 1.90 bits per heavy atom. The SMILES string of the molecule is CCCNC(CCc1cccc(C)c1)c1ccccc1Cl. The quantitative estimate of drug-likeness (QED) is 0.729. The molecule has 0 amide bonds. The van der Waals surface area contributed by atoms with Gasteiger partial charge in [-0.15, -0.1) is 0 Å². The zero-order valence-electron chi connectivity index (χ0n) is 12.9. The van der Waals surface area contributed by atoms with E-state index < -0.39 is 0 Å². The molecule has 1 N–H and O–H groups in total. The van der Waals surface area contributed by atoms with Crippen molar-refractivity contribution in [1.29, 1.82) is 0 Å². The maximum atomic E-state index is 6.36. The third-order valence-corrected chi connectivity index (χ3v) is 4.07. The van der Waals surface area contributed by atoms with Crippen molar-refractivity contribution >= 4 is 11.6 Å². The molecule has 0 bridgehead atoms. The molecule has 0 fully saturated rings. The van der Waals surface area contributed by atoms with Crippen LogP contribution in [-0.2, 0) is 6.42 Å². The van der Waals surface area contributed by atoms with Crippen LogP contribution >= 0.6 is 11.6 Å². The lowest BCUT2D eigenvalue weighted by Gasteiger charge is -2.20. The Morgan fingerprint density at radius 1 is 1.10 bits per heavy atom. The summed E-state index contributed by atoms with van der Waals surface area (Å²) in [7, 11) is 0. The summed E-state index contributed by atoms with van der Waals surface area (Å²) in [6, 6.07) is 17.2. The molecule has 0 heterocycles. The van der Waals surface area contributed by atoms with Gasteiger partial charge in [-0.3, -0.25) is 0 Å². The molecule has 1 atom stereocenters. The highest BCUT2D eigenvalue weighted by Crippen LogP contribution is 2.26. The molecule has 0 aromatic heterocycles. The van der Waals surface area contributed by atoms with Gasteiger partial charge in [0.15, 0.2) is 0 Å². The highest BCUT2D eigenvalue weighted by atomic mass is 35.5. The third-order valence-electron chi connectivity index (χ3n) is 3.73. The Labute approximate surface area is 133 Å². The Kier molecular flexibility index (Phi) is 6.28. The maximum absolute atomic E-state index is 6.36. The Morgan fingerprint density at radius 3 is 2.62 bits per heavy atom. The topological polar surface area (TPSA) is 12.0 Å². The van der Waals surface area contributed by atoms with E-state index in [0.29, 0.717) is 6.04 Å². The Hall–Kier alpha value is -1.31. The van der Waals surface area contributed by atoms with Gasteiger partial charge in [-0.1, -0.05) is 66.6 Å². The molecule has 2 heteroatoms. The predicted octanol–water partition coefficient (Wildman–Crippen LogP) is 5.32. The van der Waals surface area contributed by atoms with Crippen molar-refractivity contribution in [2.24, 2.45) is 0 Å². The van der Waals surface area contributed by atoms with E-state index in [9.17, 15) is 0 Å². The summed E-state index contributed by atoms with van der Waals surface area (Å²) in [5.41, 5.74) is 3.92. The van der Waals surface area contributed by atoms with Gasteiger partial charge >= 0.3 is 0 Å². The molecule has 112 valence electrons. The molecule has 1 nitrogen and oxygen atoms in total. The lowest BCUT2D eigenvalue weighted by atomic mass is 9.98. The van der Waals surface area contributed by atoms with Crippen molar-refractivity contribution in [3.05, 3.63) is 70.2 Å². The van der Waals surface area contributed by atoms with Crippen LogP contribution < -0.4 is 5.32 Å². The largest absolute Gasteiger partial charge is 0.310 e. The van der Waals surface area contributed by atoms with Crippen LogP contribution in [0.1, 0.15) is 42.5 Å². The first-order valence-electron chi connectivity index (χ1n) is 7.74. The van der Waals surface area contributed by atoms with E-state index in [1.54, 1.807) is 0 Å². The Balaban J connectivity index is 2.08. The zero-order valence-corrected chi connectivity index (χ0v) is 13.7. The van der Waals surface area contributed by atoms with E-state index in [2.05, 4.69) is 55.6 Å². The summed E-state index contributed by atoms with van der Waals surface area (Å²) < 4.78 is 0. The van der Waals surface area contributed by atoms with Gasteiger partial charge in [-0.25, -0.2) is 0 Å². The standard InChI is InChI=1S/C19H24ClN/c1-3-13-21-19(17-9-4-5-10-18(17)20)12-11-16-8-6-7-15(2)14-16/h4-10,14,19,21H,3,11-13H2,1-2H3.